The number of nitrogens with zero attached hydrogens (tertiary/aromatic N) is 2. The molecule has 0 amide bonds. The van der Waals surface area contributed by atoms with Crippen molar-refractivity contribution in [1.82, 2.24) is 10.2 Å². The number of hydrogen-bond donors (Lipinski definition) is 2. The lowest BCUT2D eigenvalue weighted by Gasteiger charge is -2.36. The minimum Gasteiger partial charge on any atom is -0.398 e. The van der Waals surface area contributed by atoms with E-state index in [2.05, 4.69) is 30.1 Å². The molecule has 108 valence electrons. The summed E-state index contributed by atoms with van der Waals surface area (Å²) in [7, 11) is 0. The Balaban J connectivity index is 1.70. The van der Waals surface area contributed by atoms with Crippen molar-refractivity contribution in [2.45, 2.75) is 38.8 Å². The Labute approximate surface area is 121 Å². The van der Waals surface area contributed by atoms with Gasteiger partial charge in [-0.05, 0) is 37.3 Å². The molecule has 3 rings (SSSR count). The molecule has 4 heteroatoms. The summed E-state index contributed by atoms with van der Waals surface area (Å²) in [6.45, 7) is 6.53. The maximum Gasteiger partial charge on any atom is 0.194 e. The Hall–Kier alpha value is -1.71. The van der Waals surface area contributed by atoms with Gasteiger partial charge in [0.25, 0.3) is 0 Å². The molecule has 1 aromatic carbocycles. The van der Waals surface area contributed by atoms with E-state index in [0.29, 0.717) is 6.04 Å². The van der Waals surface area contributed by atoms with Gasteiger partial charge in [0, 0.05) is 12.2 Å². The van der Waals surface area contributed by atoms with Crippen LogP contribution in [0.2, 0.25) is 0 Å². The Morgan fingerprint density at radius 3 is 2.95 bits per heavy atom. The zero-order chi connectivity index (χ0) is 14.1. The molecule has 20 heavy (non-hydrogen) atoms. The number of aliphatic imine (C=N–C) groups is 1. The van der Waals surface area contributed by atoms with Gasteiger partial charge < -0.3 is 16.0 Å². The van der Waals surface area contributed by atoms with Crippen LogP contribution in [0.15, 0.2) is 29.3 Å². The van der Waals surface area contributed by atoms with E-state index in [4.69, 9.17) is 10.7 Å². The fourth-order valence-electron chi connectivity index (χ4n) is 3.25. The summed E-state index contributed by atoms with van der Waals surface area (Å²) in [5.41, 5.74) is 8.04. The highest BCUT2D eigenvalue weighted by molar-refractivity contribution is 5.82. The maximum atomic E-state index is 6.06. The SMILES string of the molecule is CC1CCC2CN=C(NC(C)c3ccccc3N)N2C1. The van der Waals surface area contributed by atoms with E-state index in [0.717, 1.165) is 36.2 Å². The number of nitrogens with one attached hydrogen (secondary N) is 1. The number of para-hydroxylation sites is 1. The van der Waals surface area contributed by atoms with Crippen LogP contribution in [0.5, 0.6) is 0 Å². The zero-order valence-electron chi connectivity index (χ0n) is 12.3. The average Bonchev–Trinajstić information content (AvgIpc) is 2.82. The van der Waals surface area contributed by atoms with Crippen molar-refractivity contribution in [3.8, 4) is 0 Å². The monoisotopic (exact) mass is 272 g/mol. The fourth-order valence-corrected chi connectivity index (χ4v) is 3.25. The predicted molar refractivity (Wildman–Crippen MR) is 83.6 cm³/mol. The van der Waals surface area contributed by atoms with Crippen LogP contribution in [0, 0.1) is 5.92 Å². The van der Waals surface area contributed by atoms with E-state index in [-0.39, 0.29) is 6.04 Å². The van der Waals surface area contributed by atoms with Crippen LogP contribution < -0.4 is 11.1 Å². The number of benzene rings is 1. The van der Waals surface area contributed by atoms with Gasteiger partial charge >= 0.3 is 0 Å². The van der Waals surface area contributed by atoms with Gasteiger partial charge in [-0.25, -0.2) is 0 Å². The third kappa shape index (κ3) is 2.47. The first-order valence-electron chi connectivity index (χ1n) is 7.57. The predicted octanol–water partition coefficient (Wildman–Crippen LogP) is 2.39. The van der Waals surface area contributed by atoms with E-state index in [1.807, 2.05) is 18.2 Å². The smallest absolute Gasteiger partial charge is 0.194 e. The summed E-state index contributed by atoms with van der Waals surface area (Å²) < 4.78 is 0. The quantitative estimate of drug-likeness (QED) is 0.813. The van der Waals surface area contributed by atoms with Crippen LogP contribution in [0.3, 0.4) is 0 Å². The van der Waals surface area contributed by atoms with Gasteiger partial charge in [-0.3, -0.25) is 4.99 Å². The number of fused-ring (bicyclic) bond motifs is 1. The molecule has 3 atom stereocenters. The molecule has 0 radical (unpaired) electrons. The summed E-state index contributed by atoms with van der Waals surface area (Å²) in [5.74, 6) is 1.81. The summed E-state index contributed by atoms with van der Waals surface area (Å²) in [4.78, 5) is 7.15. The van der Waals surface area contributed by atoms with Gasteiger partial charge in [-0.2, -0.15) is 0 Å². The van der Waals surface area contributed by atoms with Crippen molar-refractivity contribution in [3.63, 3.8) is 0 Å². The summed E-state index contributed by atoms with van der Waals surface area (Å²) >= 11 is 0. The highest BCUT2D eigenvalue weighted by Crippen LogP contribution is 2.27. The van der Waals surface area contributed by atoms with Crippen LogP contribution in [0.1, 0.15) is 38.3 Å². The number of nitrogens with two attached hydrogens (primary N) is 1. The lowest BCUT2D eigenvalue weighted by Crippen LogP contribution is -2.48. The summed E-state index contributed by atoms with van der Waals surface area (Å²) in [6.07, 6.45) is 2.59. The molecule has 3 unspecified atom stereocenters. The first-order valence-corrected chi connectivity index (χ1v) is 7.57. The molecule has 3 N–H and O–H groups in total. The lowest BCUT2D eigenvalue weighted by molar-refractivity contribution is 0.210. The Bertz CT molecular complexity index is 511. The molecule has 0 bridgehead atoms. The number of nitrogen functional groups attached to an aromatic ring is 1. The van der Waals surface area contributed by atoms with E-state index in [9.17, 15) is 0 Å². The summed E-state index contributed by atoms with van der Waals surface area (Å²) in [6, 6.07) is 8.83. The molecular formula is C16H24N4. The fraction of sp³-hybridized carbons (Fsp3) is 0.562. The van der Waals surface area contributed by atoms with Crippen molar-refractivity contribution in [2.24, 2.45) is 10.9 Å². The molecule has 2 aliphatic heterocycles. The van der Waals surface area contributed by atoms with Crippen LogP contribution >= 0.6 is 0 Å². The van der Waals surface area contributed by atoms with Crippen LogP contribution in [-0.2, 0) is 0 Å². The Morgan fingerprint density at radius 2 is 2.15 bits per heavy atom. The minimum absolute atomic E-state index is 0.186. The zero-order valence-corrected chi connectivity index (χ0v) is 12.3. The maximum absolute atomic E-state index is 6.06. The highest BCUT2D eigenvalue weighted by Gasteiger charge is 2.33. The third-order valence-corrected chi connectivity index (χ3v) is 4.47. The minimum atomic E-state index is 0.186. The normalized spacial score (nSPS) is 26.9. The second kappa shape index (κ2) is 5.35. The number of guanidine groups is 1. The van der Waals surface area contributed by atoms with Gasteiger partial charge in [0.05, 0.1) is 18.6 Å². The van der Waals surface area contributed by atoms with Crippen molar-refractivity contribution in [1.29, 1.82) is 0 Å². The standard InChI is InChI=1S/C16H24N4/c1-11-7-8-13-9-18-16(20(13)10-11)19-12(2)14-5-3-4-6-15(14)17/h3-6,11-13H,7-10,17H2,1-2H3,(H,18,19). The van der Waals surface area contributed by atoms with Crippen molar-refractivity contribution in [2.75, 3.05) is 18.8 Å². The molecule has 1 saturated heterocycles. The van der Waals surface area contributed by atoms with E-state index in [1.165, 1.54) is 12.8 Å². The third-order valence-electron chi connectivity index (χ3n) is 4.47. The van der Waals surface area contributed by atoms with E-state index < -0.39 is 0 Å². The molecule has 0 aromatic heterocycles. The highest BCUT2D eigenvalue weighted by atomic mass is 15.4. The molecule has 0 saturated carbocycles. The molecule has 1 fully saturated rings. The largest absolute Gasteiger partial charge is 0.398 e. The molecule has 2 aliphatic rings. The van der Waals surface area contributed by atoms with Gasteiger partial charge in [0.2, 0.25) is 0 Å². The van der Waals surface area contributed by atoms with E-state index >= 15 is 0 Å². The molecule has 4 nitrogen and oxygen atoms in total. The van der Waals surface area contributed by atoms with Gasteiger partial charge in [0.1, 0.15) is 0 Å². The average molecular weight is 272 g/mol. The number of anilines is 1. The summed E-state index contributed by atoms with van der Waals surface area (Å²) in [5, 5.41) is 3.55. The Morgan fingerprint density at radius 1 is 1.35 bits per heavy atom. The van der Waals surface area contributed by atoms with Crippen LogP contribution in [0.4, 0.5) is 5.69 Å². The number of hydrogen-bond acceptors (Lipinski definition) is 4. The van der Waals surface area contributed by atoms with Gasteiger partial charge in [-0.1, -0.05) is 25.1 Å². The van der Waals surface area contributed by atoms with Gasteiger partial charge in [-0.15, -0.1) is 0 Å². The molecular weight excluding hydrogens is 248 g/mol. The van der Waals surface area contributed by atoms with Crippen molar-refractivity contribution < 1.29 is 0 Å². The second-order valence-electron chi connectivity index (χ2n) is 6.15. The van der Waals surface area contributed by atoms with Crippen molar-refractivity contribution >= 4 is 11.6 Å². The lowest BCUT2D eigenvalue weighted by atomic mass is 9.95. The molecule has 1 aromatic rings. The number of rotatable bonds is 2. The van der Waals surface area contributed by atoms with Crippen molar-refractivity contribution in [3.05, 3.63) is 29.8 Å². The first kappa shape index (κ1) is 13.3. The topological polar surface area (TPSA) is 53.6 Å². The molecule has 0 spiro atoms. The number of piperidine rings is 1. The van der Waals surface area contributed by atoms with E-state index in [1.54, 1.807) is 0 Å². The second-order valence-corrected chi connectivity index (χ2v) is 6.15. The molecule has 0 aliphatic carbocycles. The van der Waals surface area contributed by atoms with Gasteiger partial charge in [0.15, 0.2) is 5.96 Å². The Kier molecular flexibility index (Phi) is 3.55. The first-order chi connectivity index (χ1) is 9.65. The van der Waals surface area contributed by atoms with Crippen LogP contribution in [-0.4, -0.2) is 30.0 Å². The molecule has 2 heterocycles. The van der Waals surface area contributed by atoms with Crippen LogP contribution in [0.25, 0.3) is 0 Å².